The number of imidazole rings is 1. The Morgan fingerprint density at radius 2 is 2.05 bits per heavy atom. The number of methoxy groups -OCH3 is 1. The average molecular weight is 281 g/mol. The van der Waals surface area contributed by atoms with E-state index in [1.54, 1.807) is 31.4 Å². The Morgan fingerprint density at radius 1 is 1.24 bits per heavy atom. The molecule has 5 nitrogen and oxygen atoms in total. The van der Waals surface area contributed by atoms with E-state index >= 15 is 0 Å². The smallest absolute Gasteiger partial charge is 0.255 e. The van der Waals surface area contributed by atoms with Gasteiger partial charge in [-0.25, -0.2) is 4.98 Å². The molecular weight excluding hydrogens is 266 g/mol. The number of aromatic amines is 1. The summed E-state index contributed by atoms with van der Waals surface area (Å²) < 4.78 is 5.22. The van der Waals surface area contributed by atoms with Crippen molar-refractivity contribution in [2.24, 2.45) is 0 Å². The van der Waals surface area contributed by atoms with Gasteiger partial charge in [0.25, 0.3) is 5.91 Å². The van der Waals surface area contributed by atoms with Crippen LogP contribution in [0.15, 0.2) is 42.5 Å². The topological polar surface area (TPSA) is 67.0 Å². The Hall–Kier alpha value is -2.82. The second-order valence-corrected chi connectivity index (χ2v) is 4.71. The maximum atomic E-state index is 12.3. The first-order chi connectivity index (χ1) is 10.2. The van der Waals surface area contributed by atoms with Gasteiger partial charge >= 0.3 is 0 Å². The van der Waals surface area contributed by atoms with Gasteiger partial charge in [0.05, 0.1) is 23.8 Å². The highest BCUT2D eigenvalue weighted by Crippen LogP contribution is 2.24. The first-order valence-corrected chi connectivity index (χ1v) is 6.58. The van der Waals surface area contributed by atoms with Crippen LogP contribution in [0.25, 0.3) is 11.0 Å². The summed E-state index contributed by atoms with van der Waals surface area (Å²) in [5.41, 5.74) is 2.91. The predicted octanol–water partition coefficient (Wildman–Crippen LogP) is 3.13. The molecule has 0 atom stereocenters. The van der Waals surface area contributed by atoms with Gasteiger partial charge in [-0.05, 0) is 37.3 Å². The van der Waals surface area contributed by atoms with Gasteiger partial charge in [-0.3, -0.25) is 4.79 Å². The van der Waals surface area contributed by atoms with Crippen molar-refractivity contribution < 1.29 is 9.53 Å². The molecule has 0 aliphatic rings. The van der Waals surface area contributed by atoms with Crippen LogP contribution in [-0.4, -0.2) is 23.0 Å². The van der Waals surface area contributed by atoms with Crippen LogP contribution in [0.3, 0.4) is 0 Å². The molecule has 3 aromatic rings. The summed E-state index contributed by atoms with van der Waals surface area (Å²) in [6, 6.07) is 12.7. The number of carbonyl (C=O) groups is 1. The molecule has 0 fully saturated rings. The first-order valence-electron chi connectivity index (χ1n) is 6.58. The summed E-state index contributed by atoms with van der Waals surface area (Å²) in [6.45, 7) is 1.88. The van der Waals surface area contributed by atoms with Crippen molar-refractivity contribution in [3.63, 3.8) is 0 Å². The number of anilines is 1. The summed E-state index contributed by atoms with van der Waals surface area (Å²) in [5, 5.41) is 2.85. The minimum Gasteiger partial charge on any atom is -0.495 e. The summed E-state index contributed by atoms with van der Waals surface area (Å²) in [4.78, 5) is 19.8. The lowest BCUT2D eigenvalue weighted by molar-refractivity contribution is 0.102. The van der Waals surface area contributed by atoms with E-state index in [4.69, 9.17) is 4.74 Å². The van der Waals surface area contributed by atoms with E-state index in [9.17, 15) is 4.79 Å². The third kappa shape index (κ3) is 2.58. The van der Waals surface area contributed by atoms with Crippen molar-refractivity contribution in [2.75, 3.05) is 12.4 Å². The van der Waals surface area contributed by atoms with Gasteiger partial charge in [0.15, 0.2) is 0 Å². The molecule has 1 amide bonds. The van der Waals surface area contributed by atoms with E-state index in [1.807, 2.05) is 25.1 Å². The Bertz CT molecular complexity index is 808. The number of hydrogen-bond acceptors (Lipinski definition) is 3. The summed E-state index contributed by atoms with van der Waals surface area (Å²) in [7, 11) is 1.57. The fourth-order valence-corrected chi connectivity index (χ4v) is 2.22. The largest absolute Gasteiger partial charge is 0.495 e. The molecule has 106 valence electrons. The molecule has 2 N–H and O–H groups in total. The van der Waals surface area contributed by atoms with Crippen LogP contribution in [-0.2, 0) is 0 Å². The van der Waals surface area contributed by atoms with Crippen LogP contribution in [0, 0.1) is 6.92 Å². The monoisotopic (exact) mass is 281 g/mol. The lowest BCUT2D eigenvalue weighted by Crippen LogP contribution is -2.12. The van der Waals surface area contributed by atoms with Crippen molar-refractivity contribution in [1.29, 1.82) is 0 Å². The highest BCUT2D eigenvalue weighted by molar-refractivity contribution is 6.06. The van der Waals surface area contributed by atoms with Crippen molar-refractivity contribution in [1.82, 2.24) is 9.97 Å². The van der Waals surface area contributed by atoms with Gasteiger partial charge in [0.2, 0.25) is 0 Å². The third-order valence-electron chi connectivity index (χ3n) is 3.22. The molecule has 2 aromatic carbocycles. The number of nitrogens with one attached hydrogen (secondary N) is 2. The molecule has 21 heavy (non-hydrogen) atoms. The number of fused-ring (bicyclic) bond motifs is 1. The van der Waals surface area contributed by atoms with E-state index in [-0.39, 0.29) is 5.91 Å². The molecule has 5 heteroatoms. The second kappa shape index (κ2) is 5.28. The molecule has 0 aliphatic carbocycles. The molecule has 1 heterocycles. The van der Waals surface area contributed by atoms with Crippen molar-refractivity contribution >= 4 is 22.6 Å². The third-order valence-corrected chi connectivity index (χ3v) is 3.22. The fourth-order valence-electron chi connectivity index (χ4n) is 2.22. The number of ether oxygens (including phenoxy) is 1. The predicted molar refractivity (Wildman–Crippen MR) is 81.8 cm³/mol. The number of H-pyrrole nitrogens is 1. The number of benzene rings is 2. The normalized spacial score (nSPS) is 10.6. The fraction of sp³-hybridized carbons (Fsp3) is 0.125. The van der Waals surface area contributed by atoms with Crippen molar-refractivity contribution in [2.45, 2.75) is 6.92 Å². The number of carbonyl (C=O) groups excluding carboxylic acids is 1. The second-order valence-electron chi connectivity index (χ2n) is 4.71. The standard InChI is InChI=1S/C16H15N3O2/c1-10-17-12-8-7-11(9-14(12)18-10)16(20)19-13-5-3-4-6-15(13)21-2/h3-9H,1-2H3,(H,17,18)(H,19,20). The average Bonchev–Trinajstić information content (AvgIpc) is 2.86. The quantitative estimate of drug-likeness (QED) is 0.775. The summed E-state index contributed by atoms with van der Waals surface area (Å²) >= 11 is 0. The lowest BCUT2D eigenvalue weighted by atomic mass is 10.2. The molecule has 0 saturated carbocycles. The van der Waals surface area contributed by atoms with E-state index in [0.717, 1.165) is 16.9 Å². The van der Waals surface area contributed by atoms with E-state index in [1.165, 1.54) is 0 Å². The van der Waals surface area contributed by atoms with Crippen LogP contribution < -0.4 is 10.1 Å². The van der Waals surface area contributed by atoms with Crippen LogP contribution in [0.4, 0.5) is 5.69 Å². The Balaban J connectivity index is 1.89. The molecule has 0 bridgehead atoms. The number of aromatic nitrogens is 2. The van der Waals surface area contributed by atoms with Gasteiger partial charge in [0.1, 0.15) is 11.6 Å². The number of nitrogens with zero attached hydrogens (tertiary/aromatic N) is 1. The summed E-state index contributed by atoms with van der Waals surface area (Å²) in [5.74, 6) is 1.27. The number of para-hydroxylation sites is 2. The Kier molecular flexibility index (Phi) is 3.31. The molecule has 0 saturated heterocycles. The zero-order valence-electron chi connectivity index (χ0n) is 11.8. The van der Waals surface area contributed by atoms with Gasteiger partial charge in [-0.15, -0.1) is 0 Å². The number of aryl methyl sites for hydroxylation is 1. The van der Waals surface area contributed by atoms with Gasteiger partial charge in [-0.1, -0.05) is 12.1 Å². The van der Waals surface area contributed by atoms with Gasteiger partial charge in [0, 0.05) is 5.56 Å². The van der Waals surface area contributed by atoms with E-state index < -0.39 is 0 Å². The lowest BCUT2D eigenvalue weighted by Gasteiger charge is -2.09. The van der Waals surface area contributed by atoms with Crippen LogP contribution in [0.1, 0.15) is 16.2 Å². The molecule has 3 rings (SSSR count). The van der Waals surface area contributed by atoms with Crippen molar-refractivity contribution in [3.8, 4) is 5.75 Å². The van der Waals surface area contributed by atoms with Crippen LogP contribution in [0.5, 0.6) is 5.75 Å². The zero-order chi connectivity index (χ0) is 14.8. The maximum Gasteiger partial charge on any atom is 0.255 e. The Labute approximate surface area is 122 Å². The molecule has 1 aromatic heterocycles. The highest BCUT2D eigenvalue weighted by atomic mass is 16.5. The number of amides is 1. The zero-order valence-corrected chi connectivity index (χ0v) is 11.8. The van der Waals surface area contributed by atoms with Crippen LogP contribution in [0.2, 0.25) is 0 Å². The minimum atomic E-state index is -0.186. The van der Waals surface area contributed by atoms with Crippen LogP contribution >= 0.6 is 0 Å². The molecule has 0 radical (unpaired) electrons. The van der Waals surface area contributed by atoms with Gasteiger partial charge in [-0.2, -0.15) is 0 Å². The van der Waals surface area contributed by atoms with E-state index in [0.29, 0.717) is 17.0 Å². The minimum absolute atomic E-state index is 0.186. The molecule has 0 aliphatic heterocycles. The maximum absolute atomic E-state index is 12.3. The van der Waals surface area contributed by atoms with Gasteiger partial charge < -0.3 is 15.0 Å². The molecular formula is C16H15N3O2. The highest BCUT2D eigenvalue weighted by Gasteiger charge is 2.10. The van der Waals surface area contributed by atoms with Crippen molar-refractivity contribution in [3.05, 3.63) is 53.9 Å². The Morgan fingerprint density at radius 3 is 2.86 bits per heavy atom. The SMILES string of the molecule is COc1ccccc1NC(=O)c1ccc2nc(C)[nH]c2c1. The molecule has 0 spiro atoms. The van der Waals surface area contributed by atoms with E-state index in [2.05, 4.69) is 15.3 Å². The number of rotatable bonds is 3. The summed E-state index contributed by atoms with van der Waals surface area (Å²) in [6.07, 6.45) is 0. The first kappa shape index (κ1) is 13.2. The number of hydrogen-bond donors (Lipinski definition) is 2. The molecule has 0 unspecified atom stereocenters.